The van der Waals surface area contributed by atoms with Gasteiger partial charge in [0.15, 0.2) is 0 Å². The van der Waals surface area contributed by atoms with Crippen molar-refractivity contribution in [2.24, 2.45) is 10.8 Å². The summed E-state index contributed by atoms with van der Waals surface area (Å²) in [4.78, 5) is 14.3. The Morgan fingerprint density at radius 2 is 2.15 bits per heavy atom. The first-order valence-electron chi connectivity index (χ1n) is 6.28. The van der Waals surface area contributed by atoms with E-state index in [1.807, 2.05) is 12.1 Å². The molecule has 3 N–H and O–H groups in total. The van der Waals surface area contributed by atoms with E-state index in [0.717, 1.165) is 5.56 Å². The summed E-state index contributed by atoms with van der Waals surface area (Å²) >= 11 is 5.83. The van der Waals surface area contributed by atoms with Crippen molar-refractivity contribution in [1.82, 2.24) is 5.32 Å². The number of azide groups is 1. The maximum absolute atomic E-state index is 11.7. The lowest BCUT2D eigenvalue weighted by Gasteiger charge is -2.27. The molecule has 6 nitrogen and oxygen atoms in total. The third kappa shape index (κ3) is 5.09. The first-order valence-corrected chi connectivity index (χ1v) is 6.66. The van der Waals surface area contributed by atoms with Gasteiger partial charge in [-0.2, -0.15) is 0 Å². The van der Waals surface area contributed by atoms with E-state index < -0.39 is 11.4 Å². The molecule has 0 saturated carbocycles. The van der Waals surface area contributed by atoms with Crippen molar-refractivity contribution in [1.29, 1.82) is 0 Å². The van der Waals surface area contributed by atoms with Crippen LogP contribution in [0.1, 0.15) is 18.9 Å². The number of nitrogens with two attached hydrogens (primary N) is 1. The first-order chi connectivity index (χ1) is 9.48. The second-order valence-corrected chi connectivity index (χ2v) is 5.17. The van der Waals surface area contributed by atoms with Crippen LogP contribution in [0.25, 0.3) is 10.4 Å². The monoisotopic (exact) mass is 295 g/mol. The van der Waals surface area contributed by atoms with E-state index in [0.29, 0.717) is 31.0 Å². The second kappa shape index (κ2) is 7.75. The quantitative estimate of drug-likeness (QED) is 0.333. The van der Waals surface area contributed by atoms with Gasteiger partial charge in [-0.15, -0.1) is 0 Å². The summed E-state index contributed by atoms with van der Waals surface area (Å²) in [7, 11) is 0. The Hall–Kier alpha value is -1.75. The van der Waals surface area contributed by atoms with Crippen molar-refractivity contribution >= 4 is 17.5 Å². The van der Waals surface area contributed by atoms with Crippen molar-refractivity contribution in [2.75, 3.05) is 13.1 Å². The highest BCUT2D eigenvalue weighted by atomic mass is 35.5. The molecule has 20 heavy (non-hydrogen) atoms. The molecule has 1 rings (SSSR count). The summed E-state index contributed by atoms with van der Waals surface area (Å²) in [6.07, 6.45) is 1.12. The molecule has 1 atom stereocenters. The summed E-state index contributed by atoms with van der Waals surface area (Å²) in [6.45, 7) is 2.70. The molecule has 0 heterocycles. The predicted octanol–water partition coefficient (Wildman–Crippen LogP) is 2.42. The largest absolute Gasteiger partial charge is 0.368 e. The summed E-state index contributed by atoms with van der Waals surface area (Å²) in [5.74, 6) is -0.420. The van der Waals surface area contributed by atoms with Crippen molar-refractivity contribution in [3.63, 3.8) is 0 Å². The van der Waals surface area contributed by atoms with Gasteiger partial charge in [-0.05, 0) is 49.5 Å². The van der Waals surface area contributed by atoms with Gasteiger partial charge in [-0.1, -0.05) is 28.8 Å². The predicted molar refractivity (Wildman–Crippen MR) is 79.4 cm³/mol. The Morgan fingerprint density at radius 1 is 1.50 bits per heavy atom. The van der Waals surface area contributed by atoms with E-state index in [-0.39, 0.29) is 0 Å². The Kier molecular flexibility index (Phi) is 6.31. The number of hydrogen-bond acceptors (Lipinski definition) is 3. The van der Waals surface area contributed by atoms with Crippen LogP contribution in [0.5, 0.6) is 0 Å². The van der Waals surface area contributed by atoms with Gasteiger partial charge in [-0.25, -0.2) is 0 Å². The molecule has 0 saturated heterocycles. The van der Waals surface area contributed by atoms with Gasteiger partial charge in [0.05, 0.1) is 5.54 Å². The molecule has 1 aromatic rings. The minimum absolute atomic E-state index is 0.388. The molecule has 7 heteroatoms. The molecule has 1 amide bonds. The van der Waals surface area contributed by atoms with Crippen molar-refractivity contribution < 1.29 is 4.79 Å². The summed E-state index contributed by atoms with van der Waals surface area (Å²) in [6, 6.07) is 7.29. The molecule has 0 spiro atoms. The zero-order valence-electron chi connectivity index (χ0n) is 11.3. The number of nitrogens with zero attached hydrogens (tertiary/aromatic N) is 3. The molecule has 0 bridgehead atoms. The van der Waals surface area contributed by atoms with Crippen LogP contribution in [-0.2, 0) is 11.2 Å². The smallest absolute Gasteiger partial charge is 0.237 e. The number of primary amides is 1. The number of carbonyl (C=O) groups excluding carboxylic acids is 1. The Bertz CT molecular complexity index is 498. The highest BCUT2D eigenvalue weighted by molar-refractivity contribution is 6.30. The van der Waals surface area contributed by atoms with E-state index in [1.54, 1.807) is 19.1 Å². The van der Waals surface area contributed by atoms with E-state index in [9.17, 15) is 4.79 Å². The van der Waals surface area contributed by atoms with Gasteiger partial charge in [0.2, 0.25) is 5.91 Å². The fraction of sp³-hybridized carbons (Fsp3) is 0.462. The molecule has 0 aliphatic heterocycles. The molecule has 1 aromatic carbocycles. The van der Waals surface area contributed by atoms with E-state index in [1.165, 1.54) is 0 Å². The maximum atomic E-state index is 11.7. The van der Waals surface area contributed by atoms with Crippen LogP contribution in [-0.4, -0.2) is 24.5 Å². The van der Waals surface area contributed by atoms with Gasteiger partial charge >= 0.3 is 0 Å². The minimum Gasteiger partial charge on any atom is -0.368 e. The maximum Gasteiger partial charge on any atom is 0.237 e. The van der Waals surface area contributed by atoms with E-state index >= 15 is 0 Å². The molecule has 1 unspecified atom stereocenters. The molecule has 108 valence electrons. The fourth-order valence-electron chi connectivity index (χ4n) is 1.81. The normalized spacial score (nSPS) is 13.3. The van der Waals surface area contributed by atoms with Gasteiger partial charge in [0, 0.05) is 16.5 Å². The molecule has 0 radical (unpaired) electrons. The standard InChI is InChI=1S/C13H18ClN5O/c1-13(12(15)20,17-7-2-8-18-19-16)9-10-3-5-11(14)6-4-10/h3-6,17H,2,7-9H2,1H3,(H2,15,20). The van der Waals surface area contributed by atoms with Gasteiger partial charge in [-0.3, -0.25) is 4.79 Å². The van der Waals surface area contributed by atoms with Crippen LogP contribution < -0.4 is 11.1 Å². The third-order valence-electron chi connectivity index (χ3n) is 3.03. The van der Waals surface area contributed by atoms with Gasteiger partial charge < -0.3 is 11.1 Å². The highest BCUT2D eigenvalue weighted by Crippen LogP contribution is 2.16. The topological polar surface area (TPSA) is 104 Å². The lowest BCUT2D eigenvalue weighted by molar-refractivity contribution is -0.123. The molecule has 0 aromatic heterocycles. The zero-order chi connectivity index (χ0) is 15.0. The van der Waals surface area contributed by atoms with E-state index in [4.69, 9.17) is 22.9 Å². The van der Waals surface area contributed by atoms with Crippen molar-refractivity contribution in [2.45, 2.75) is 25.3 Å². The molecule has 0 aliphatic carbocycles. The minimum atomic E-state index is -0.843. The average molecular weight is 296 g/mol. The number of hydrogen-bond donors (Lipinski definition) is 2. The number of halogens is 1. The Balaban J connectivity index is 2.63. The summed E-state index contributed by atoms with van der Waals surface area (Å²) in [5, 5.41) is 7.22. The number of benzene rings is 1. The SMILES string of the molecule is CC(Cc1ccc(Cl)cc1)(NCCCN=[N+]=[N-])C(N)=O. The van der Waals surface area contributed by atoms with Crippen LogP contribution in [0.3, 0.4) is 0 Å². The average Bonchev–Trinajstić information content (AvgIpc) is 2.41. The zero-order valence-corrected chi connectivity index (χ0v) is 12.1. The van der Waals surface area contributed by atoms with Gasteiger partial charge in [0.1, 0.15) is 0 Å². The molecular weight excluding hydrogens is 278 g/mol. The van der Waals surface area contributed by atoms with Crippen LogP contribution in [0.4, 0.5) is 0 Å². The van der Waals surface area contributed by atoms with Crippen molar-refractivity contribution in [3.8, 4) is 0 Å². The van der Waals surface area contributed by atoms with Crippen molar-refractivity contribution in [3.05, 3.63) is 45.3 Å². The van der Waals surface area contributed by atoms with Crippen LogP contribution in [0.2, 0.25) is 5.02 Å². The first kappa shape index (κ1) is 16.3. The Labute approximate surface area is 122 Å². The fourth-order valence-corrected chi connectivity index (χ4v) is 1.93. The van der Waals surface area contributed by atoms with Crippen LogP contribution in [0.15, 0.2) is 29.4 Å². The van der Waals surface area contributed by atoms with Gasteiger partial charge in [0.25, 0.3) is 0 Å². The lowest BCUT2D eigenvalue weighted by Crippen LogP contribution is -2.55. The number of nitrogens with one attached hydrogen (secondary N) is 1. The third-order valence-corrected chi connectivity index (χ3v) is 3.28. The second-order valence-electron chi connectivity index (χ2n) is 4.73. The number of amides is 1. The Morgan fingerprint density at radius 3 is 2.70 bits per heavy atom. The summed E-state index contributed by atoms with van der Waals surface area (Å²) in [5.41, 5.74) is 13.8. The molecule has 0 aliphatic rings. The molecular formula is C13H18ClN5O. The highest BCUT2D eigenvalue weighted by Gasteiger charge is 2.30. The van der Waals surface area contributed by atoms with Crippen LogP contribution >= 0.6 is 11.6 Å². The van der Waals surface area contributed by atoms with E-state index in [2.05, 4.69) is 15.3 Å². The van der Waals surface area contributed by atoms with Crippen LogP contribution in [0, 0.1) is 0 Å². The lowest BCUT2D eigenvalue weighted by atomic mass is 9.92. The number of carbonyl (C=O) groups is 1. The number of rotatable bonds is 8. The summed E-state index contributed by atoms with van der Waals surface area (Å²) < 4.78 is 0. The molecule has 0 fully saturated rings.